The maximum Gasteiger partial charge on any atom is 0.449 e. The Kier molecular flexibility index (Phi) is 2.15. The SMILES string of the molecule is OCc1cccc2[nH]c(C(F)(F)F)nc12. The number of para-hydroxylation sites is 1. The third-order valence-electron chi connectivity index (χ3n) is 2.04. The fraction of sp³-hybridized carbons (Fsp3) is 0.222. The number of nitrogens with zero attached hydrogens (tertiary/aromatic N) is 1. The van der Waals surface area contributed by atoms with Crippen molar-refractivity contribution in [2.45, 2.75) is 12.8 Å². The van der Waals surface area contributed by atoms with Crippen LogP contribution < -0.4 is 0 Å². The van der Waals surface area contributed by atoms with E-state index in [1.54, 1.807) is 6.07 Å². The molecule has 0 saturated heterocycles. The van der Waals surface area contributed by atoms with Crippen molar-refractivity contribution < 1.29 is 18.3 Å². The number of hydrogen-bond acceptors (Lipinski definition) is 2. The molecule has 80 valence electrons. The van der Waals surface area contributed by atoms with Crippen LogP contribution in [0.3, 0.4) is 0 Å². The largest absolute Gasteiger partial charge is 0.449 e. The standard InChI is InChI=1S/C9H7F3N2O/c10-9(11,12)8-13-6-3-1-2-5(4-15)7(6)14-8/h1-3,15H,4H2,(H,13,14). The number of halogens is 3. The number of aliphatic hydroxyl groups excluding tert-OH is 1. The molecule has 2 N–H and O–H groups in total. The number of fused-ring (bicyclic) bond motifs is 1. The van der Waals surface area contributed by atoms with Gasteiger partial charge in [-0.2, -0.15) is 13.2 Å². The highest BCUT2D eigenvalue weighted by molar-refractivity contribution is 5.78. The first-order valence-corrected chi connectivity index (χ1v) is 4.18. The van der Waals surface area contributed by atoms with Crippen molar-refractivity contribution in [1.29, 1.82) is 0 Å². The first-order valence-electron chi connectivity index (χ1n) is 4.18. The predicted octanol–water partition coefficient (Wildman–Crippen LogP) is 2.07. The lowest BCUT2D eigenvalue weighted by atomic mass is 10.2. The number of H-pyrrole nitrogens is 1. The van der Waals surface area contributed by atoms with Crippen molar-refractivity contribution in [3.8, 4) is 0 Å². The minimum absolute atomic E-state index is 0.160. The van der Waals surface area contributed by atoms with E-state index < -0.39 is 12.0 Å². The molecule has 6 heteroatoms. The second-order valence-electron chi connectivity index (χ2n) is 3.05. The van der Waals surface area contributed by atoms with Crippen LogP contribution in [0.4, 0.5) is 13.2 Å². The molecule has 15 heavy (non-hydrogen) atoms. The molecule has 3 nitrogen and oxygen atoms in total. The van der Waals surface area contributed by atoms with Crippen LogP contribution in [-0.2, 0) is 12.8 Å². The average molecular weight is 216 g/mol. The van der Waals surface area contributed by atoms with Crippen LogP contribution in [0.1, 0.15) is 11.4 Å². The zero-order chi connectivity index (χ0) is 11.1. The molecule has 1 aromatic heterocycles. The van der Waals surface area contributed by atoms with Gasteiger partial charge in [0.25, 0.3) is 0 Å². The molecular weight excluding hydrogens is 209 g/mol. The van der Waals surface area contributed by atoms with E-state index in [-0.39, 0.29) is 17.6 Å². The quantitative estimate of drug-likeness (QED) is 0.766. The third-order valence-corrected chi connectivity index (χ3v) is 2.04. The molecule has 0 radical (unpaired) electrons. The maximum absolute atomic E-state index is 12.3. The van der Waals surface area contributed by atoms with E-state index in [1.807, 2.05) is 0 Å². The molecule has 0 spiro atoms. The van der Waals surface area contributed by atoms with Gasteiger partial charge in [0.05, 0.1) is 17.6 Å². The lowest BCUT2D eigenvalue weighted by Gasteiger charge is -1.99. The van der Waals surface area contributed by atoms with Gasteiger partial charge in [0.15, 0.2) is 0 Å². The van der Waals surface area contributed by atoms with Gasteiger partial charge in [-0.25, -0.2) is 4.98 Å². The predicted molar refractivity (Wildman–Crippen MR) is 47.0 cm³/mol. The average Bonchev–Trinajstić information content (AvgIpc) is 2.59. The summed E-state index contributed by atoms with van der Waals surface area (Å²) in [5, 5.41) is 8.91. The Morgan fingerprint density at radius 3 is 2.67 bits per heavy atom. The maximum atomic E-state index is 12.3. The zero-order valence-electron chi connectivity index (χ0n) is 7.47. The van der Waals surface area contributed by atoms with E-state index in [0.717, 1.165) is 0 Å². The summed E-state index contributed by atoms with van der Waals surface area (Å²) >= 11 is 0. The van der Waals surface area contributed by atoms with E-state index in [2.05, 4.69) is 9.97 Å². The van der Waals surface area contributed by atoms with Crippen LogP contribution in [-0.4, -0.2) is 15.1 Å². The number of aliphatic hydroxyl groups is 1. The number of aromatic nitrogens is 2. The summed E-state index contributed by atoms with van der Waals surface area (Å²) in [5.74, 6) is -1.04. The van der Waals surface area contributed by atoms with Crippen LogP contribution in [0.15, 0.2) is 18.2 Å². The molecule has 1 heterocycles. The highest BCUT2D eigenvalue weighted by Gasteiger charge is 2.34. The topological polar surface area (TPSA) is 48.9 Å². The normalized spacial score (nSPS) is 12.3. The summed E-state index contributed by atoms with van der Waals surface area (Å²) in [4.78, 5) is 5.58. The zero-order valence-corrected chi connectivity index (χ0v) is 7.47. The van der Waals surface area contributed by atoms with Gasteiger partial charge >= 0.3 is 6.18 Å². The van der Waals surface area contributed by atoms with Crippen molar-refractivity contribution in [1.82, 2.24) is 9.97 Å². The third kappa shape index (κ3) is 1.68. The van der Waals surface area contributed by atoms with Crippen LogP contribution in [0, 0.1) is 0 Å². The van der Waals surface area contributed by atoms with Gasteiger partial charge in [-0.05, 0) is 6.07 Å². The molecule has 0 fully saturated rings. The number of benzene rings is 1. The molecule has 2 rings (SSSR count). The molecule has 0 aliphatic carbocycles. The van der Waals surface area contributed by atoms with E-state index in [1.165, 1.54) is 12.1 Å². The number of hydrogen-bond donors (Lipinski definition) is 2. The van der Waals surface area contributed by atoms with Gasteiger partial charge in [-0.3, -0.25) is 0 Å². The van der Waals surface area contributed by atoms with Gasteiger partial charge in [0.1, 0.15) is 0 Å². The number of imidazole rings is 1. The number of nitrogens with one attached hydrogen (secondary N) is 1. The lowest BCUT2D eigenvalue weighted by molar-refractivity contribution is -0.144. The summed E-state index contributed by atoms with van der Waals surface area (Å²) in [6, 6.07) is 4.58. The Morgan fingerprint density at radius 1 is 1.33 bits per heavy atom. The molecule has 0 aliphatic heterocycles. The van der Waals surface area contributed by atoms with E-state index >= 15 is 0 Å². The van der Waals surface area contributed by atoms with Gasteiger partial charge < -0.3 is 10.1 Å². The molecule has 0 aliphatic rings. The van der Waals surface area contributed by atoms with Crippen molar-refractivity contribution in [2.75, 3.05) is 0 Å². The van der Waals surface area contributed by atoms with E-state index in [9.17, 15) is 13.2 Å². The van der Waals surface area contributed by atoms with Crippen LogP contribution in [0.5, 0.6) is 0 Å². The second kappa shape index (κ2) is 3.23. The van der Waals surface area contributed by atoms with Crippen LogP contribution in [0.25, 0.3) is 11.0 Å². The Labute approximate surface area is 82.6 Å². The highest BCUT2D eigenvalue weighted by atomic mass is 19.4. The Morgan fingerprint density at radius 2 is 2.07 bits per heavy atom. The Balaban J connectivity index is 2.65. The van der Waals surface area contributed by atoms with Gasteiger partial charge in [0.2, 0.25) is 5.82 Å². The molecule has 1 aromatic carbocycles. The highest BCUT2D eigenvalue weighted by Crippen LogP contribution is 2.29. The van der Waals surface area contributed by atoms with Crippen molar-refractivity contribution >= 4 is 11.0 Å². The molecule has 0 saturated carbocycles. The molecular formula is C9H7F3N2O. The van der Waals surface area contributed by atoms with Crippen molar-refractivity contribution in [2.24, 2.45) is 0 Å². The summed E-state index contributed by atoms with van der Waals surface area (Å²) in [5.41, 5.74) is 0.806. The minimum atomic E-state index is -4.49. The second-order valence-corrected chi connectivity index (χ2v) is 3.05. The van der Waals surface area contributed by atoms with Crippen LogP contribution >= 0.6 is 0 Å². The molecule has 0 atom stereocenters. The smallest absolute Gasteiger partial charge is 0.392 e. The summed E-state index contributed by atoms with van der Waals surface area (Å²) in [6.07, 6.45) is -4.49. The molecule has 0 bridgehead atoms. The van der Waals surface area contributed by atoms with Gasteiger partial charge in [-0.15, -0.1) is 0 Å². The molecule has 0 unspecified atom stereocenters. The Bertz CT molecular complexity index is 490. The van der Waals surface area contributed by atoms with Crippen molar-refractivity contribution in [3.63, 3.8) is 0 Å². The summed E-state index contributed by atoms with van der Waals surface area (Å²) in [7, 11) is 0. The molecule has 0 amide bonds. The van der Waals surface area contributed by atoms with E-state index in [4.69, 9.17) is 5.11 Å². The number of rotatable bonds is 1. The minimum Gasteiger partial charge on any atom is -0.392 e. The molecule has 2 aromatic rings. The first-order chi connectivity index (χ1) is 7.02. The van der Waals surface area contributed by atoms with Crippen LogP contribution in [0.2, 0.25) is 0 Å². The number of alkyl halides is 3. The lowest BCUT2D eigenvalue weighted by Crippen LogP contribution is -2.06. The van der Waals surface area contributed by atoms with E-state index in [0.29, 0.717) is 5.56 Å². The monoisotopic (exact) mass is 216 g/mol. The number of aromatic amines is 1. The fourth-order valence-corrected chi connectivity index (χ4v) is 1.35. The summed E-state index contributed by atoms with van der Waals surface area (Å²) < 4.78 is 36.9. The van der Waals surface area contributed by atoms with Gasteiger partial charge in [0, 0.05) is 5.56 Å². The first kappa shape index (κ1) is 9.97. The summed E-state index contributed by atoms with van der Waals surface area (Å²) in [6.45, 7) is -0.334. The fourth-order valence-electron chi connectivity index (χ4n) is 1.35. The van der Waals surface area contributed by atoms with Crippen molar-refractivity contribution in [3.05, 3.63) is 29.6 Å². The van der Waals surface area contributed by atoms with Gasteiger partial charge in [-0.1, -0.05) is 12.1 Å². The Hall–Kier alpha value is -1.56.